The van der Waals surface area contributed by atoms with Crippen LogP contribution in [-0.2, 0) is 16.4 Å². The van der Waals surface area contributed by atoms with Gasteiger partial charge in [0.1, 0.15) is 0 Å². The minimum Gasteiger partial charge on any atom is -0.378 e. The van der Waals surface area contributed by atoms with Gasteiger partial charge in [-0.25, -0.2) is 8.42 Å². The number of carbonyl (C=O) groups is 1. The molecule has 1 heterocycles. The number of halogens is 1. The second-order valence-electron chi connectivity index (χ2n) is 7.06. The fourth-order valence-electron chi connectivity index (χ4n) is 3.27. The Morgan fingerprint density at radius 2 is 1.85 bits per heavy atom. The third kappa shape index (κ3) is 4.82. The van der Waals surface area contributed by atoms with Crippen LogP contribution in [0.25, 0.3) is 0 Å². The summed E-state index contributed by atoms with van der Waals surface area (Å²) in [5.41, 5.74) is 2.49. The Morgan fingerprint density at radius 3 is 2.41 bits per heavy atom. The Morgan fingerprint density at radius 1 is 1.15 bits per heavy atom. The molecule has 2 aromatic rings. The highest BCUT2D eigenvalue weighted by Gasteiger charge is 2.35. The molecule has 1 aliphatic heterocycles. The summed E-state index contributed by atoms with van der Waals surface area (Å²) >= 11 is 6.03. The highest BCUT2D eigenvalue weighted by molar-refractivity contribution is 7.91. The van der Waals surface area contributed by atoms with E-state index >= 15 is 0 Å². The third-order valence-corrected chi connectivity index (χ3v) is 6.77. The lowest BCUT2D eigenvalue weighted by Crippen LogP contribution is -2.40. The van der Waals surface area contributed by atoms with Crippen LogP contribution in [0.3, 0.4) is 0 Å². The van der Waals surface area contributed by atoms with Crippen molar-refractivity contribution >= 4 is 33.0 Å². The molecule has 0 bridgehead atoms. The largest absolute Gasteiger partial charge is 0.378 e. The summed E-state index contributed by atoms with van der Waals surface area (Å²) in [5.74, 6) is -0.0673. The SMILES string of the molecule is CN(C)c1ccc(CN(C(=O)c2cccc(Cl)c2)[C@H]2CCS(=O)(=O)C2)cc1. The third-order valence-electron chi connectivity index (χ3n) is 4.79. The summed E-state index contributed by atoms with van der Waals surface area (Å²) in [6, 6.07) is 14.4. The fourth-order valence-corrected chi connectivity index (χ4v) is 5.19. The zero-order valence-electron chi connectivity index (χ0n) is 15.4. The van der Waals surface area contributed by atoms with E-state index in [0.29, 0.717) is 23.6 Å². The molecule has 0 saturated carbocycles. The fraction of sp³-hybridized carbons (Fsp3) is 0.350. The van der Waals surface area contributed by atoms with E-state index in [-0.39, 0.29) is 23.5 Å². The predicted molar refractivity (Wildman–Crippen MR) is 109 cm³/mol. The Kier molecular flexibility index (Phi) is 5.77. The summed E-state index contributed by atoms with van der Waals surface area (Å²) in [6.07, 6.45) is 0.463. The average molecular weight is 407 g/mol. The number of amides is 1. The van der Waals surface area contributed by atoms with Gasteiger partial charge in [-0.15, -0.1) is 0 Å². The van der Waals surface area contributed by atoms with Gasteiger partial charge in [0.25, 0.3) is 5.91 Å². The molecule has 0 aliphatic carbocycles. The minimum absolute atomic E-state index is 0.00901. The number of hydrogen-bond acceptors (Lipinski definition) is 4. The van der Waals surface area contributed by atoms with Gasteiger partial charge in [-0.1, -0.05) is 29.8 Å². The summed E-state index contributed by atoms with van der Waals surface area (Å²) in [6.45, 7) is 0.360. The van der Waals surface area contributed by atoms with E-state index in [1.54, 1.807) is 29.2 Å². The molecule has 0 spiro atoms. The molecule has 1 saturated heterocycles. The van der Waals surface area contributed by atoms with Crippen molar-refractivity contribution in [2.75, 3.05) is 30.5 Å². The summed E-state index contributed by atoms with van der Waals surface area (Å²) in [7, 11) is 0.830. The second-order valence-corrected chi connectivity index (χ2v) is 9.73. The van der Waals surface area contributed by atoms with Gasteiger partial charge in [0.2, 0.25) is 0 Å². The minimum atomic E-state index is -3.10. The van der Waals surface area contributed by atoms with Crippen molar-refractivity contribution in [2.24, 2.45) is 0 Å². The molecule has 3 rings (SSSR count). The van der Waals surface area contributed by atoms with Crippen LogP contribution in [0.15, 0.2) is 48.5 Å². The van der Waals surface area contributed by atoms with Gasteiger partial charge in [0.05, 0.1) is 11.5 Å². The van der Waals surface area contributed by atoms with Gasteiger partial charge < -0.3 is 9.80 Å². The van der Waals surface area contributed by atoms with Gasteiger partial charge in [-0.05, 0) is 42.3 Å². The molecule has 5 nitrogen and oxygen atoms in total. The molecule has 1 atom stereocenters. The first kappa shape index (κ1) is 19.7. The average Bonchev–Trinajstić information content (AvgIpc) is 2.99. The van der Waals surface area contributed by atoms with Crippen molar-refractivity contribution in [1.29, 1.82) is 0 Å². The number of sulfone groups is 1. The topological polar surface area (TPSA) is 57.7 Å². The van der Waals surface area contributed by atoms with Crippen LogP contribution in [0.1, 0.15) is 22.3 Å². The number of anilines is 1. The maximum atomic E-state index is 13.1. The molecule has 7 heteroatoms. The zero-order valence-corrected chi connectivity index (χ0v) is 17.0. The summed E-state index contributed by atoms with van der Waals surface area (Å²) in [5, 5.41) is 0.482. The molecule has 144 valence electrons. The Hall–Kier alpha value is -2.05. The number of hydrogen-bond donors (Lipinski definition) is 0. The first-order chi connectivity index (χ1) is 12.7. The summed E-state index contributed by atoms with van der Waals surface area (Å²) in [4.78, 5) is 16.8. The number of benzene rings is 2. The lowest BCUT2D eigenvalue weighted by molar-refractivity contribution is 0.0681. The van der Waals surface area contributed by atoms with Crippen LogP contribution in [0, 0.1) is 0 Å². The molecular weight excluding hydrogens is 384 g/mol. The van der Waals surface area contributed by atoms with Crippen LogP contribution in [0.5, 0.6) is 0 Å². The first-order valence-electron chi connectivity index (χ1n) is 8.78. The van der Waals surface area contributed by atoms with Gasteiger partial charge in [-0.2, -0.15) is 0 Å². The van der Waals surface area contributed by atoms with Crippen LogP contribution < -0.4 is 4.90 Å². The van der Waals surface area contributed by atoms with Crippen molar-refractivity contribution < 1.29 is 13.2 Å². The normalized spacial score (nSPS) is 18.3. The predicted octanol–water partition coefficient (Wildman–Crippen LogP) is 3.24. The van der Waals surface area contributed by atoms with Crippen LogP contribution in [-0.4, -0.2) is 50.9 Å². The molecule has 2 aromatic carbocycles. The van der Waals surface area contributed by atoms with Gasteiger partial charge >= 0.3 is 0 Å². The molecule has 1 aliphatic rings. The number of rotatable bonds is 5. The highest BCUT2D eigenvalue weighted by Crippen LogP contribution is 2.24. The van der Waals surface area contributed by atoms with Crippen LogP contribution >= 0.6 is 11.6 Å². The molecule has 27 heavy (non-hydrogen) atoms. The zero-order chi connectivity index (χ0) is 19.6. The number of nitrogens with zero attached hydrogens (tertiary/aromatic N) is 2. The van der Waals surface area contributed by atoms with E-state index in [4.69, 9.17) is 11.6 Å². The van der Waals surface area contributed by atoms with Crippen LogP contribution in [0.2, 0.25) is 5.02 Å². The van der Waals surface area contributed by atoms with Crippen molar-refractivity contribution in [2.45, 2.75) is 19.0 Å². The number of carbonyl (C=O) groups excluding carboxylic acids is 1. The lowest BCUT2D eigenvalue weighted by atomic mass is 10.1. The maximum absolute atomic E-state index is 13.1. The Labute approximate surface area is 165 Å². The van der Waals surface area contributed by atoms with E-state index in [9.17, 15) is 13.2 Å². The van der Waals surface area contributed by atoms with E-state index in [2.05, 4.69) is 0 Å². The first-order valence-corrected chi connectivity index (χ1v) is 11.0. The molecular formula is C20H23ClN2O3S. The van der Waals surface area contributed by atoms with Crippen LogP contribution in [0.4, 0.5) is 5.69 Å². The van der Waals surface area contributed by atoms with Crippen molar-refractivity contribution in [3.8, 4) is 0 Å². The maximum Gasteiger partial charge on any atom is 0.254 e. The van der Waals surface area contributed by atoms with Gasteiger partial charge in [0.15, 0.2) is 9.84 Å². The molecule has 1 fully saturated rings. The van der Waals surface area contributed by atoms with Crippen molar-refractivity contribution in [3.05, 3.63) is 64.7 Å². The molecule has 1 amide bonds. The quantitative estimate of drug-likeness (QED) is 0.764. The molecule has 0 unspecified atom stereocenters. The standard InChI is InChI=1S/C20H23ClN2O3S/c1-22(2)18-8-6-15(7-9-18)13-23(19-10-11-27(25,26)14-19)20(24)16-4-3-5-17(21)12-16/h3-9,12,19H,10-11,13-14H2,1-2H3/t19-/m0/s1. The van der Waals surface area contributed by atoms with Crippen molar-refractivity contribution in [1.82, 2.24) is 4.90 Å². The highest BCUT2D eigenvalue weighted by atomic mass is 35.5. The Balaban J connectivity index is 1.89. The van der Waals surface area contributed by atoms with Gasteiger partial charge in [-0.3, -0.25) is 4.79 Å². The smallest absolute Gasteiger partial charge is 0.254 e. The van der Waals surface area contributed by atoms with E-state index < -0.39 is 9.84 Å². The monoisotopic (exact) mass is 406 g/mol. The molecule has 0 aromatic heterocycles. The van der Waals surface area contributed by atoms with Crippen molar-refractivity contribution in [3.63, 3.8) is 0 Å². The lowest BCUT2D eigenvalue weighted by Gasteiger charge is -2.29. The van der Waals surface area contributed by atoms with E-state index in [1.165, 1.54) is 0 Å². The van der Waals surface area contributed by atoms with E-state index in [1.807, 2.05) is 43.3 Å². The van der Waals surface area contributed by atoms with E-state index in [0.717, 1.165) is 11.3 Å². The Bertz CT molecular complexity index is 926. The van der Waals surface area contributed by atoms with Gasteiger partial charge in [0, 0.05) is 43.0 Å². The molecule has 0 N–H and O–H groups in total. The summed E-state index contributed by atoms with van der Waals surface area (Å²) < 4.78 is 23.9. The second kappa shape index (κ2) is 7.90. The molecule has 0 radical (unpaired) electrons.